The van der Waals surface area contributed by atoms with Crippen LogP contribution in [0.4, 0.5) is 0 Å². The summed E-state index contributed by atoms with van der Waals surface area (Å²) in [6, 6.07) is 0.594. The molecule has 0 saturated carbocycles. The fraction of sp³-hybridized carbons (Fsp3) is 0.941. The second kappa shape index (κ2) is 8.14. The molecule has 21 heavy (non-hydrogen) atoms. The number of rotatable bonds is 9. The molecule has 0 radical (unpaired) electrons. The van der Waals surface area contributed by atoms with Crippen LogP contribution >= 0.6 is 0 Å². The third kappa shape index (κ3) is 4.68. The molecule has 124 valence electrons. The molecule has 1 saturated heterocycles. The maximum absolute atomic E-state index is 12.6. The summed E-state index contributed by atoms with van der Waals surface area (Å²) in [5.41, 5.74) is -0.353. The van der Waals surface area contributed by atoms with Gasteiger partial charge in [-0.05, 0) is 60.0 Å². The molecule has 0 aromatic heterocycles. The predicted molar refractivity (Wildman–Crippen MR) is 89.2 cm³/mol. The maximum atomic E-state index is 12.6. The van der Waals surface area contributed by atoms with Gasteiger partial charge in [0.15, 0.2) is 0 Å². The van der Waals surface area contributed by atoms with Crippen molar-refractivity contribution in [2.24, 2.45) is 0 Å². The third-order valence-corrected chi connectivity index (χ3v) is 4.90. The number of hydrogen-bond donors (Lipinski definition) is 1. The van der Waals surface area contributed by atoms with Crippen molar-refractivity contribution in [3.8, 4) is 0 Å². The van der Waals surface area contributed by atoms with Crippen molar-refractivity contribution in [2.45, 2.75) is 84.5 Å². The molecule has 1 rings (SSSR count). The monoisotopic (exact) mass is 297 g/mol. The molecule has 0 bridgehead atoms. The van der Waals surface area contributed by atoms with Gasteiger partial charge in [-0.15, -0.1) is 0 Å². The summed E-state index contributed by atoms with van der Waals surface area (Å²) in [6.07, 6.45) is 5.49. The Morgan fingerprint density at radius 2 is 2.00 bits per heavy atom. The van der Waals surface area contributed by atoms with E-state index in [1.807, 2.05) is 6.92 Å². The van der Waals surface area contributed by atoms with Crippen LogP contribution in [0.2, 0.25) is 0 Å². The average molecular weight is 297 g/mol. The van der Waals surface area contributed by atoms with Crippen molar-refractivity contribution in [1.82, 2.24) is 15.1 Å². The van der Waals surface area contributed by atoms with Crippen LogP contribution in [0.3, 0.4) is 0 Å². The van der Waals surface area contributed by atoms with Crippen molar-refractivity contribution in [3.05, 3.63) is 0 Å². The Bertz CT molecular complexity index is 332. The van der Waals surface area contributed by atoms with Crippen LogP contribution in [-0.2, 0) is 4.79 Å². The molecule has 0 aromatic rings. The van der Waals surface area contributed by atoms with Gasteiger partial charge in [0, 0.05) is 12.6 Å². The van der Waals surface area contributed by atoms with Crippen molar-refractivity contribution in [3.63, 3.8) is 0 Å². The Balaban J connectivity index is 2.49. The molecule has 4 nitrogen and oxygen atoms in total. The highest BCUT2D eigenvalue weighted by atomic mass is 16.2. The smallest absolute Gasteiger partial charge is 0.243 e. The van der Waals surface area contributed by atoms with E-state index in [0.717, 1.165) is 45.2 Å². The summed E-state index contributed by atoms with van der Waals surface area (Å²) in [6.45, 7) is 12.8. The summed E-state index contributed by atoms with van der Waals surface area (Å²) >= 11 is 0. The quantitative estimate of drug-likeness (QED) is 0.665. The molecule has 1 aliphatic rings. The number of carbonyl (C=O) groups is 1. The standard InChI is InChI=1S/C17H35N3O/c1-7-11-15-18-17(5,8-2)16(21)20(15)13-10-9-12-19(6)14(3)4/h14-15,18H,7-13H2,1-6H3. The topological polar surface area (TPSA) is 35.6 Å². The lowest BCUT2D eigenvalue weighted by Crippen LogP contribution is -2.43. The van der Waals surface area contributed by atoms with E-state index in [-0.39, 0.29) is 11.7 Å². The third-order valence-electron chi connectivity index (χ3n) is 4.90. The van der Waals surface area contributed by atoms with Crippen LogP contribution < -0.4 is 5.32 Å². The van der Waals surface area contributed by atoms with Gasteiger partial charge < -0.3 is 9.80 Å². The lowest BCUT2D eigenvalue weighted by molar-refractivity contribution is -0.133. The van der Waals surface area contributed by atoms with Gasteiger partial charge in [0.2, 0.25) is 5.91 Å². The number of carbonyl (C=O) groups excluding carboxylic acids is 1. The van der Waals surface area contributed by atoms with Crippen LogP contribution in [-0.4, -0.2) is 53.6 Å². The summed E-state index contributed by atoms with van der Waals surface area (Å²) in [4.78, 5) is 17.1. The van der Waals surface area contributed by atoms with E-state index in [9.17, 15) is 4.79 Å². The average Bonchev–Trinajstić information content (AvgIpc) is 2.68. The Labute approximate surface area is 131 Å². The molecule has 2 atom stereocenters. The number of amides is 1. The summed E-state index contributed by atoms with van der Waals surface area (Å²) in [5, 5.41) is 3.55. The van der Waals surface area contributed by atoms with Crippen LogP contribution in [0.15, 0.2) is 0 Å². The lowest BCUT2D eigenvalue weighted by Gasteiger charge is -2.25. The van der Waals surface area contributed by atoms with Gasteiger partial charge in [0.1, 0.15) is 0 Å². The van der Waals surface area contributed by atoms with Gasteiger partial charge in [-0.25, -0.2) is 0 Å². The van der Waals surface area contributed by atoms with E-state index in [1.54, 1.807) is 0 Å². The molecular weight excluding hydrogens is 262 g/mol. The molecule has 1 fully saturated rings. The lowest BCUT2D eigenvalue weighted by atomic mass is 9.99. The number of nitrogens with one attached hydrogen (secondary N) is 1. The molecule has 4 heteroatoms. The molecule has 1 heterocycles. The van der Waals surface area contributed by atoms with E-state index in [0.29, 0.717) is 11.9 Å². The maximum Gasteiger partial charge on any atom is 0.243 e. The number of unbranched alkanes of at least 4 members (excludes halogenated alkanes) is 1. The van der Waals surface area contributed by atoms with Gasteiger partial charge in [0.25, 0.3) is 0 Å². The van der Waals surface area contributed by atoms with E-state index in [1.165, 1.54) is 0 Å². The molecular formula is C17H35N3O. The van der Waals surface area contributed by atoms with Gasteiger partial charge in [-0.1, -0.05) is 20.3 Å². The van der Waals surface area contributed by atoms with Crippen molar-refractivity contribution < 1.29 is 4.79 Å². The van der Waals surface area contributed by atoms with Crippen molar-refractivity contribution in [1.29, 1.82) is 0 Å². The molecule has 0 spiro atoms. The first-order chi connectivity index (χ1) is 9.85. The molecule has 1 aliphatic heterocycles. The highest BCUT2D eigenvalue weighted by Gasteiger charge is 2.45. The fourth-order valence-electron chi connectivity index (χ4n) is 2.88. The second-order valence-electron chi connectivity index (χ2n) is 6.91. The summed E-state index contributed by atoms with van der Waals surface area (Å²) in [5.74, 6) is 0.292. The first-order valence-electron chi connectivity index (χ1n) is 8.64. The van der Waals surface area contributed by atoms with Crippen molar-refractivity contribution in [2.75, 3.05) is 20.1 Å². The zero-order chi connectivity index (χ0) is 16.0. The van der Waals surface area contributed by atoms with Gasteiger partial charge in [0.05, 0.1) is 11.7 Å². The SMILES string of the molecule is CCCC1NC(C)(CC)C(=O)N1CCCCN(C)C(C)C. The molecule has 0 aliphatic carbocycles. The van der Waals surface area contributed by atoms with Crippen molar-refractivity contribution >= 4 is 5.91 Å². The summed E-state index contributed by atoms with van der Waals surface area (Å²) in [7, 11) is 2.17. The zero-order valence-electron chi connectivity index (χ0n) is 14.9. The van der Waals surface area contributed by atoms with Crippen LogP contribution in [0.25, 0.3) is 0 Å². The van der Waals surface area contributed by atoms with E-state index < -0.39 is 0 Å². The Hall–Kier alpha value is -0.610. The van der Waals surface area contributed by atoms with E-state index in [2.05, 4.69) is 49.9 Å². The molecule has 1 amide bonds. The van der Waals surface area contributed by atoms with Gasteiger partial charge in [-0.2, -0.15) is 0 Å². The Morgan fingerprint density at radius 1 is 1.33 bits per heavy atom. The minimum absolute atomic E-state index is 0.232. The highest BCUT2D eigenvalue weighted by Crippen LogP contribution is 2.26. The van der Waals surface area contributed by atoms with E-state index in [4.69, 9.17) is 0 Å². The van der Waals surface area contributed by atoms with Crippen LogP contribution in [0.1, 0.15) is 66.7 Å². The first kappa shape index (κ1) is 18.4. The van der Waals surface area contributed by atoms with Gasteiger partial charge >= 0.3 is 0 Å². The molecule has 0 aromatic carbocycles. The normalized spacial score (nSPS) is 26.4. The van der Waals surface area contributed by atoms with E-state index >= 15 is 0 Å². The highest BCUT2D eigenvalue weighted by molar-refractivity contribution is 5.88. The van der Waals surface area contributed by atoms with Gasteiger partial charge in [-0.3, -0.25) is 10.1 Å². The Morgan fingerprint density at radius 3 is 2.52 bits per heavy atom. The van der Waals surface area contributed by atoms with Crippen LogP contribution in [0, 0.1) is 0 Å². The minimum Gasteiger partial charge on any atom is -0.326 e. The second-order valence-corrected chi connectivity index (χ2v) is 6.91. The minimum atomic E-state index is -0.353. The Kier molecular flexibility index (Phi) is 7.14. The largest absolute Gasteiger partial charge is 0.326 e. The predicted octanol–water partition coefficient (Wildman–Crippen LogP) is 2.83. The molecule has 2 unspecified atom stereocenters. The number of nitrogens with zero attached hydrogens (tertiary/aromatic N) is 2. The number of hydrogen-bond acceptors (Lipinski definition) is 3. The molecule has 1 N–H and O–H groups in total. The van der Waals surface area contributed by atoms with Crippen LogP contribution in [0.5, 0.6) is 0 Å². The zero-order valence-corrected chi connectivity index (χ0v) is 14.9. The first-order valence-corrected chi connectivity index (χ1v) is 8.64. The summed E-state index contributed by atoms with van der Waals surface area (Å²) < 4.78 is 0. The fourth-order valence-corrected chi connectivity index (χ4v) is 2.88.